The number of anilines is 2. The largest absolute Gasteiger partial charge is 0.495 e. The molecule has 2 heterocycles. The Balaban J connectivity index is 1.67. The van der Waals surface area contributed by atoms with E-state index in [1.807, 2.05) is 0 Å². The van der Waals surface area contributed by atoms with E-state index in [0.29, 0.717) is 18.2 Å². The summed E-state index contributed by atoms with van der Waals surface area (Å²) in [6.45, 7) is 3.39. The maximum atomic E-state index is 13.9. The zero-order chi connectivity index (χ0) is 30.4. The van der Waals surface area contributed by atoms with E-state index >= 15 is 0 Å². The molecule has 0 atom stereocenters. The number of amides is 2. The third kappa shape index (κ3) is 7.02. The Labute approximate surface area is 245 Å². The molecule has 0 radical (unpaired) electrons. The monoisotopic (exact) mass is 606 g/mol. The SMILES string of the molecule is CCc1cccc(Oc2nc(Nc3cc(Cl)c(C(=O)NC4CCNCC4)cc3OC)ncc2C(F)(F)F)c1C(=O)NC. The Hall–Kier alpha value is -4.10. The lowest BCUT2D eigenvalue weighted by atomic mass is 10.0. The van der Waals surface area contributed by atoms with Gasteiger partial charge < -0.3 is 30.7 Å². The van der Waals surface area contributed by atoms with Crippen molar-refractivity contribution in [1.82, 2.24) is 25.9 Å². The standard InChI is InChI=1S/C28H30ClF3N6O4/c1-4-15-6-5-7-21(23(15)25(40)33-2)42-26-18(28(30,31)32)14-35-27(38-26)37-20-13-19(29)17(12-22(20)41-3)24(39)36-16-8-10-34-11-9-16/h5-7,12-14,16,34H,4,8-11H2,1-3H3,(H,33,40)(H,36,39)(H,35,37,38). The minimum absolute atomic E-state index is 0.000446. The lowest BCUT2D eigenvalue weighted by Gasteiger charge is -2.24. The van der Waals surface area contributed by atoms with E-state index in [9.17, 15) is 22.8 Å². The third-order valence-corrected chi connectivity index (χ3v) is 6.98. The van der Waals surface area contributed by atoms with Crippen molar-refractivity contribution >= 4 is 35.1 Å². The van der Waals surface area contributed by atoms with Crippen LogP contribution in [0, 0.1) is 0 Å². The van der Waals surface area contributed by atoms with Gasteiger partial charge in [-0.05, 0) is 56.1 Å². The van der Waals surface area contributed by atoms with Crippen LogP contribution in [-0.2, 0) is 12.6 Å². The highest BCUT2D eigenvalue weighted by Crippen LogP contribution is 2.39. The van der Waals surface area contributed by atoms with Gasteiger partial charge in [0.05, 0.1) is 28.9 Å². The van der Waals surface area contributed by atoms with Crippen LogP contribution in [0.2, 0.25) is 5.02 Å². The summed E-state index contributed by atoms with van der Waals surface area (Å²) >= 11 is 6.43. The highest BCUT2D eigenvalue weighted by Gasteiger charge is 2.37. The number of nitrogens with zero attached hydrogens (tertiary/aromatic N) is 2. The van der Waals surface area contributed by atoms with Gasteiger partial charge >= 0.3 is 6.18 Å². The van der Waals surface area contributed by atoms with Crippen LogP contribution in [0.3, 0.4) is 0 Å². The number of piperidine rings is 1. The van der Waals surface area contributed by atoms with Gasteiger partial charge in [-0.2, -0.15) is 18.2 Å². The fourth-order valence-electron chi connectivity index (χ4n) is 4.49. The molecule has 1 aliphatic heterocycles. The van der Waals surface area contributed by atoms with Crippen molar-refractivity contribution in [2.75, 3.05) is 32.6 Å². The average molecular weight is 607 g/mol. The molecule has 0 saturated carbocycles. The molecule has 0 unspecified atom stereocenters. The number of methoxy groups -OCH3 is 1. The summed E-state index contributed by atoms with van der Waals surface area (Å²) in [5.41, 5.74) is -0.196. The van der Waals surface area contributed by atoms with Gasteiger partial charge in [-0.15, -0.1) is 0 Å². The molecule has 4 rings (SSSR count). The Kier molecular flexibility index (Phi) is 9.74. The van der Waals surface area contributed by atoms with Crippen LogP contribution in [0.15, 0.2) is 36.5 Å². The van der Waals surface area contributed by atoms with Crippen LogP contribution in [0.1, 0.15) is 51.6 Å². The molecule has 1 aromatic heterocycles. The van der Waals surface area contributed by atoms with Crippen LogP contribution in [0.5, 0.6) is 17.4 Å². The number of carbonyl (C=O) groups excluding carboxylic acids is 2. The maximum absolute atomic E-state index is 13.9. The highest BCUT2D eigenvalue weighted by atomic mass is 35.5. The van der Waals surface area contributed by atoms with Crippen molar-refractivity contribution in [3.05, 3.63) is 63.8 Å². The fourth-order valence-corrected chi connectivity index (χ4v) is 4.74. The van der Waals surface area contributed by atoms with Crippen molar-refractivity contribution in [3.8, 4) is 17.4 Å². The summed E-state index contributed by atoms with van der Waals surface area (Å²) < 4.78 is 52.7. The minimum Gasteiger partial charge on any atom is -0.495 e. The molecule has 1 saturated heterocycles. The zero-order valence-corrected chi connectivity index (χ0v) is 23.9. The molecule has 0 aliphatic carbocycles. The first-order chi connectivity index (χ1) is 20.0. The van der Waals surface area contributed by atoms with E-state index < -0.39 is 23.5 Å². The van der Waals surface area contributed by atoms with Gasteiger partial charge in [0.1, 0.15) is 17.1 Å². The summed E-state index contributed by atoms with van der Waals surface area (Å²) in [7, 11) is 2.78. The molecule has 3 aromatic rings. The van der Waals surface area contributed by atoms with Crippen molar-refractivity contribution in [3.63, 3.8) is 0 Å². The number of carbonyl (C=O) groups is 2. The predicted molar refractivity (Wildman–Crippen MR) is 151 cm³/mol. The normalized spacial score (nSPS) is 13.8. The number of nitrogens with one attached hydrogen (secondary N) is 4. The second kappa shape index (κ2) is 13.3. The number of benzene rings is 2. The number of alkyl halides is 3. The van der Waals surface area contributed by atoms with E-state index in [1.54, 1.807) is 19.1 Å². The molecule has 0 bridgehead atoms. The summed E-state index contributed by atoms with van der Waals surface area (Å²) in [5.74, 6) is -1.91. The number of rotatable bonds is 9. The lowest BCUT2D eigenvalue weighted by molar-refractivity contribution is -0.139. The Morgan fingerprint density at radius 1 is 1.14 bits per heavy atom. The Bertz CT molecular complexity index is 1460. The molecule has 2 aromatic carbocycles. The number of halogens is 4. The molecule has 4 N–H and O–H groups in total. The molecule has 2 amide bonds. The average Bonchev–Trinajstić information content (AvgIpc) is 2.96. The Morgan fingerprint density at radius 2 is 1.88 bits per heavy atom. The zero-order valence-electron chi connectivity index (χ0n) is 23.1. The van der Waals surface area contributed by atoms with Crippen LogP contribution >= 0.6 is 11.6 Å². The first kappa shape index (κ1) is 30.8. The van der Waals surface area contributed by atoms with Crippen LogP contribution in [-0.4, -0.2) is 55.1 Å². The molecular weight excluding hydrogens is 577 g/mol. The summed E-state index contributed by atoms with van der Waals surface area (Å²) in [5, 5.41) is 11.5. The van der Waals surface area contributed by atoms with Gasteiger partial charge in [-0.25, -0.2) is 4.98 Å². The third-order valence-electron chi connectivity index (χ3n) is 6.67. The molecule has 1 fully saturated rings. The summed E-state index contributed by atoms with van der Waals surface area (Å²) in [6.07, 6.45) is -2.28. The van der Waals surface area contributed by atoms with Crippen LogP contribution < -0.4 is 30.7 Å². The number of hydrogen-bond acceptors (Lipinski definition) is 8. The molecule has 1 aliphatic rings. The molecule has 14 heteroatoms. The second-order valence-electron chi connectivity index (χ2n) is 9.39. The summed E-state index contributed by atoms with van der Waals surface area (Å²) in [4.78, 5) is 33.2. The Morgan fingerprint density at radius 3 is 2.52 bits per heavy atom. The molecule has 10 nitrogen and oxygen atoms in total. The van der Waals surface area contributed by atoms with E-state index in [-0.39, 0.29) is 51.2 Å². The van der Waals surface area contributed by atoms with Crippen LogP contribution in [0.4, 0.5) is 24.8 Å². The lowest BCUT2D eigenvalue weighted by Crippen LogP contribution is -2.42. The quantitative estimate of drug-likeness (QED) is 0.265. The van der Waals surface area contributed by atoms with Crippen molar-refractivity contribution < 1.29 is 32.2 Å². The van der Waals surface area contributed by atoms with E-state index in [4.69, 9.17) is 21.1 Å². The van der Waals surface area contributed by atoms with Gasteiger partial charge in [-0.1, -0.05) is 30.7 Å². The fraction of sp³-hybridized carbons (Fsp3) is 0.357. The van der Waals surface area contributed by atoms with Crippen molar-refractivity contribution in [2.24, 2.45) is 0 Å². The van der Waals surface area contributed by atoms with E-state index in [2.05, 4.69) is 31.2 Å². The first-order valence-corrected chi connectivity index (χ1v) is 13.6. The van der Waals surface area contributed by atoms with E-state index in [0.717, 1.165) is 25.9 Å². The van der Waals surface area contributed by atoms with Gasteiger partial charge in [0, 0.05) is 19.3 Å². The van der Waals surface area contributed by atoms with Crippen molar-refractivity contribution in [2.45, 2.75) is 38.4 Å². The molecule has 42 heavy (non-hydrogen) atoms. The topological polar surface area (TPSA) is 126 Å². The van der Waals surface area contributed by atoms with Gasteiger partial charge in [0.15, 0.2) is 0 Å². The first-order valence-electron chi connectivity index (χ1n) is 13.2. The number of ether oxygens (including phenoxy) is 2. The van der Waals surface area contributed by atoms with Gasteiger partial charge in [-0.3, -0.25) is 9.59 Å². The number of hydrogen-bond donors (Lipinski definition) is 4. The summed E-state index contributed by atoms with van der Waals surface area (Å²) in [6, 6.07) is 7.46. The highest BCUT2D eigenvalue weighted by molar-refractivity contribution is 6.34. The minimum atomic E-state index is -4.85. The predicted octanol–water partition coefficient (Wildman–Crippen LogP) is 5.10. The van der Waals surface area contributed by atoms with Gasteiger partial charge in [0.25, 0.3) is 11.8 Å². The molecular formula is C28H30ClF3N6O4. The van der Waals surface area contributed by atoms with Gasteiger partial charge in [0.2, 0.25) is 11.8 Å². The van der Waals surface area contributed by atoms with Crippen LogP contribution in [0.25, 0.3) is 0 Å². The number of aromatic nitrogens is 2. The number of aryl methyl sites for hydroxylation is 1. The molecule has 0 spiro atoms. The molecule has 224 valence electrons. The van der Waals surface area contributed by atoms with Crippen molar-refractivity contribution in [1.29, 1.82) is 0 Å². The smallest absolute Gasteiger partial charge is 0.423 e. The van der Waals surface area contributed by atoms with E-state index in [1.165, 1.54) is 32.4 Å². The second-order valence-corrected chi connectivity index (χ2v) is 9.80. The maximum Gasteiger partial charge on any atom is 0.423 e.